The van der Waals surface area contributed by atoms with Crippen molar-refractivity contribution in [2.45, 2.75) is 38.0 Å². The quantitative estimate of drug-likeness (QED) is 0.630. The van der Waals surface area contributed by atoms with Gasteiger partial charge in [-0.05, 0) is 47.9 Å². The van der Waals surface area contributed by atoms with Crippen LogP contribution in [0.25, 0.3) is 0 Å². The number of hydrogen-bond acceptors (Lipinski definition) is 4. The van der Waals surface area contributed by atoms with Crippen molar-refractivity contribution in [3.63, 3.8) is 0 Å². The number of ether oxygens (including phenoxy) is 1. The predicted molar refractivity (Wildman–Crippen MR) is 111 cm³/mol. The summed E-state index contributed by atoms with van der Waals surface area (Å²) in [7, 11) is 1.66. The number of halogens is 1. The molecule has 1 aliphatic rings. The zero-order valence-corrected chi connectivity index (χ0v) is 16.8. The molecule has 0 aliphatic carbocycles. The number of carbonyl (C=O) groups excluding carboxylic acids is 1. The van der Waals surface area contributed by atoms with Crippen molar-refractivity contribution < 1.29 is 13.9 Å². The fourth-order valence-electron chi connectivity index (χ4n) is 3.92. The van der Waals surface area contributed by atoms with Gasteiger partial charge in [0.05, 0.1) is 19.7 Å². The molecular weight excluding hydrogens is 383 g/mol. The number of aromatic nitrogens is 2. The Morgan fingerprint density at radius 3 is 2.93 bits per heavy atom. The Morgan fingerprint density at radius 1 is 1.27 bits per heavy atom. The summed E-state index contributed by atoms with van der Waals surface area (Å²) in [6.45, 7) is 1.25. The van der Waals surface area contributed by atoms with Crippen LogP contribution < -0.4 is 15.4 Å². The van der Waals surface area contributed by atoms with Crippen LogP contribution >= 0.6 is 0 Å². The lowest BCUT2D eigenvalue weighted by atomic mass is 9.91. The molecule has 1 saturated heterocycles. The van der Waals surface area contributed by atoms with E-state index in [0.29, 0.717) is 25.9 Å². The number of piperidine rings is 1. The minimum absolute atomic E-state index is 0.00623. The second-order valence-corrected chi connectivity index (χ2v) is 7.48. The van der Waals surface area contributed by atoms with Crippen LogP contribution in [0.5, 0.6) is 5.75 Å². The van der Waals surface area contributed by atoms with Gasteiger partial charge in [-0.2, -0.15) is 5.10 Å². The van der Waals surface area contributed by atoms with E-state index in [-0.39, 0.29) is 23.8 Å². The molecule has 0 unspecified atom stereocenters. The third-order valence-corrected chi connectivity index (χ3v) is 5.41. The first-order valence-electron chi connectivity index (χ1n) is 10.0. The van der Waals surface area contributed by atoms with E-state index in [4.69, 9.17) is 4.74 Å². The molecule has 2 heterocycles. The third kappa shape index (κ3) is 4.68. The third-order valence-electron chi connectivity index (χ3n) is 5.41. The standard InChI is InChI=1S/C23H25FN4O2/c1-30-21-8-6-16(12-18(21)15-28-11-3-10-26-28)14-25-20-7-9-22(29)27-23(20)17-4-2-5-19(24)13-17/h2-6,8,10-13,20,23,25H,7,9,14-15H2,1H3,(H,27,29)/t20-,23+/m1/s1. The predicted octanol–water partition coefficient (Wildman–Crippen LogP) is 3.19. The van der Waals surface area contributed by atoms with E-state index in [1.54, 1.807) is 19.4 Å². The molecular formula is C23H25FN4O2. The van der Waals surface area contributed by atoms with Crippen molar-refractivity contribution in [1.29, 1.82) is 0 Å². The molecule has 6 nitrogen and oxygen atoms in total. The summed E-state index contributed by atoms with van der Waals surface area (Å²) in [4.78, 5) is 12.0. The van der Waals surface area contributed by atoms with Gasteiger partial charge in [0.25, 0.3) is 0 Å². The molecule has 1 fully saturated rings. The van der Waals surface area contributed by atoms with Crippen LogP contribution in [0.4, 0.5) is 4.39 Å². The van der Waals surface area contributed by atoms with Gasteiger partial charge in [-0.15, -0.1) is 0 Å². The molecule has 0 bridgehead atoms. The van der Waals surface area contributed by atoms with Gasteiger partial charge >= 0.3 is 0 Å². The molecule has 156 valence electrons. The molecule has 3 aromatic rings. The average molecular weight is 408 g/mol. The summed E-state index contributed by atoms with van der Waals surface area (Å²) >= 11 is 0. The highest BCUT2D eigenvalue weighted by molar-refractivity contribution is 5.77. The molecule has 1 amide bonds. The van der Waals surface area contributed by atoms with Gasteiger partial charge in [-0.3, -0.25) is 9.48 Å². The number of nitrogens with zero attached hydrogens (tertiary/aromatic N) is 2. The molecule has 7 heteroatoms. The second-order valence-electron chi connectivity index (χ2n) is 7.48. The first-order chi connectivity index (χ1) is 14.6. The molecule has 30 heavy (non-hydrogen) atoms. The largest absolute Gasteiger partial charge is 0.496 e. The van der Waals surface area contributed by atoms with Crippen molar-refractivity contribution in [3.05, 3.63) is 83.4 Å². The number of benzene rings is 2. The van der Waals surface area contributed by atoms with E-state index < -0.39 is 0 Å². The van der Waals surface area contributed by atoms with Crippen LogP contribution in [0.1, 0.15) is 35.6 Å². The minimum atomic E-state index is -0.301. The Morgan fingerprint density at radius 2 is 2.17 bits per heavy atom. The lowest BCUT2D eigenvalue weighted by molar-refractivity contribution is -0.123. The highest BCUT2D eigenvalue weighted by Crippen LogP contribution is 2.26. The number of hydrogen-bond donors (Lipinski definition) is 2. The maximum atomic E-state index is 13.7. The van der Waals surface area contributed by atoms with Crippen molar-refractivity contribution >= 4 is 5.91 Å². The van der Waals surface area contributed by atoms with E-state index in [2.05, 4.69) is 21.8 Å². The van der Waals surface area contributed by atoms with Crippen molar-refractivity contribution in [2.75, 3.05) is 7.11 Å². The lowest BCUT2D eigenvalue weighted by Crippen LogP contribution is -2.48. The van der Waals surface area contributed by atoms with Crippen molar-refractivity contribution in [3.8, 4) is 5.75 Å². The number of methoxy groups -OCH3 is 1. The van der Waals surface area contributed by atoms with Crippen LogP contribution in [-0.4, -0.2) is 28.8 Å². The van der Waals surface area contributed by atoms with Crippen LogP contribution in [-0.2, 0) is 17.9 Å². The van der Waals surface area contributed by atoms with Crippen LogP contribution in [0.15, 0.2) is 60.9 Å². The highest BCUT2D eigenvalue weighted by atomic mass is 19.1. The maximum absolute atomic E-state index is 13.7. The van der Waals surface area contributed by atoms with E-state index >= 15 is 0 Å². The maximum Gasteiger partial charge on any atom is 0.220 e. The lowest BCUT2D eigenvalue weighted by Gasteiger charge is -2.33. The zero-order chi connectivity index (χ0) is 20.9. The van der Waals surface area contributed by atoms with Gasteiger partial charge in [0.15, 0.2) is 0 Å². The molecule has 4 rings (SSSR count). The number of rotatable bonds is 7. The fraction of sp³-hybridized carbons (Fsp3) is 0.304. The van der Waals surface area contributed by atoms with E-state index in [1.165, 1.54) is 12.1 Å². The van der Waals surface area contributed by atoms with Gasteiger partial charge in [0.2, 0.25) is 5.91 Å². The van der Waals surface area contributed by atoms with Crippen molar-refractivity contribution in [1.82, 2.24) is 20.4 Å². The van der Waals surface area contributed by atoms with E-state index in [0.717, 1.165) is 22.4 Å². The average Bonchev–Trinajstić information content (AvgIpc) is 3.26. The topological polar surface area (TPSA) is 68.2 Å². The van der Waals surface area contributed by atoms with Gasteiger partial charge in [-0.25, -0.2) is 4.39 Å². The summed E-state index contributed by atoms with van der Waals surface area (Å²) in [6.07, 6.45) is 4.82. The fourth-order valence-corrected chi connectivity index (χ4v) is 3.92. The Balaban J connectivity index is 1.49. The second kappa shape index (κ2) is 9.09. The van der Waals surface area contributed by atoms with Crippen LogP contribution in [0.3, 0.4) is 0 Å². The number of amides is 1. The Kier molecular flexibility index (Phi) is 6.09. The van der Waals surface area contributed by atoms with E-state index in [1.807, 2.05) is 35.1 Å². The summed E-state index contributed by atoms with van der Waals surface area (Å²) in [5.74, 6) is 0.509. The van der Waals surface area contributed by atoms with Crippen LogP contribution in [0.2, 0.25) is 0 Å². The molecule has 1 aliphatic heterocycles. The smallest absolute Gasteiger partial charge is 0.220 e. The van der Waals surface area contributed by atoms with Crippen LogP contribution in [0, 0.1) is 5.82 Å². The SMILES string of the molecule is COc1ccc(CN[C@@H]2CCC(=O)N[C@H]2c2cccc(F)c2)cc1Cn1cccn1. The molecule has 2 atom stereocenters. The molecule has 0 saturated carbocycles. The van der Waals surface area contributed by atoms with Gasteiger partial charge < -0.3 is 15.4 Å². The monoisotopic (exact) mass is 408 g/mol. The zero-order valence-electron chi connectivity index (χ0n) is 16.8. The first kappa shape index (κ1) is 20.1. The summed E-state index contributed by atoms with van der Waals surface area (Å²) in [5.41, 5.74) is 2.92. The Bertz CT molecular complexity index is 1010. The molecule has 1 aromatic heterocycles. The normalized spacial score (nSPS) is 18.8. The summed E-state index contributed by atoms with van der Waals surface area (Å²) in [6, 6.07) is 14.2. The van der Waals surface area contributed by atoms with Gasteiger partial charge in [0.1, 0.15) is 11.6 Å². The summed E-state index contributed by atoms with van der Waals surface area (Å²) < 4.78 is 21.1. The summed E-state index contributed by atoms with van der Waals surface area (Å²) in [5, 5.41) is 10.8. The minimum Gasteiger partial charge on any atom is -0.496 e. The first-order valence-corrected chi connectivity index (χ1v) is 10.0. The molecule has 0 spiro atoms. The van der Waals surface area contributed by atoms with Gasteiger partial charge in [0, 0.05) is 37.0 Å². The number of carbonyl (C=O) groups is 1. The van der Waals surface area contributed by atoms with E-state index in [9.17, 15) is 9.18 Å². The van der Waals surface area contributed by atoms with Crippen molar-refractivity contribution in [2.24, 2.45) is 0 Å². The molecule has 2 aromatic carbocycles. The Hall–Kier alpha value is -3.19. The van der Waals surface area contributed by atoms with Gasteiger partial charge in [-0.1, -0.05) is 18.2 Å². The Labute approximate surface area is 175 Å². The highest BCUT2D eigenvalue weighted by Gasteiger charge is 2.29. The number of nitrogens with one attached hydrogen (secondary N) is 2. The molecule has 0 radical (unpaired) electrons. The molecule has 2 N–H and O–H groups in total.